The summed E-state index contributed by atoms with van der Waals surface area (Å²) in [7, 11) is 0. The monoisotopic (exact) mass is 478 g/mol. The molecule has 0 atom stereocenters. The first kappa shape index (κ1) is 22.5. The van der Waals surface area contributed by atoms with E-state index in [2.05, 4.69) is 30.3 Å². The van der Waals surface area contributed by atoms with Crippen LogP contribution in [-0.2, 0) is 11.3 Å². The van der Waals surface area contributed by atoms with E-state index >= 15 is 0 Å². The van der Waals surface area contributed by atoms with E-state index in [1.54, 1.807) is 18.2 Å². The number of benzene rings is 2. The van der Waals surface area contributed by atoms with Crippen LogP contribution in [0.15, 0.2) is 59.9 Å². The number of nitrogens with zero attached hydrogens (tertiary/aromatic N) is 5. The van der Waals surface area contributed by atoms with Gasteiger partial charge in [-0.05, 0) is 30.3 Å². The number of hydrogen-bond donors (Lipinski definition) is 1. The second-order valence-corrected chi connectivity index (χ2v) is 7.56. The van der Waals surface area contributed by atoms with Crippen molar-refractivity contribution in [3.8, 4) is 5.75 Å². The highest BCUT2D eigenvalue weighted by atomic mass is 32.2. The van der Waals surface area contributed by atoms with Gasteiger partial charge in [0.1, 0.15) is 22.9 Å². The number of amides is 1. The minimum Gasteiger partial charge on any atom is -0.406 e. The quantitative estimate of drug-likeness (QED) is 0.243. The van der Waals surface area contributed by atoms with Crippen molar-refractivity contribution in [2.75, 3.05) is 11.1 Å². The van der Waals surface area contributed by atoms with Crippen LogP contribution in [0.5, 0.6) is 5.75 Å². The Bertz CT molecular complexity index is 1280. The van der Waals surface area contributed by atoms with E-state index in [1.807, 2.05) is 0 Å². The van der Waals surface area contributed by atoms with E-state index in [9.17, 15) is 22.4 Å². The van der Waals surface area contributed by atoms with Gasteiger partial charge >= 0.3 is 6.36 Å². The summed E-state index contributed by atoms with van der Waals surface area (Å²) in [5.41, 5.74) is 1.47. The third-order valence-corrected chi connectivity index (χ3v) is 5.23. The predicted molar refractivity (Wildman–Crippen MR) is 111 cm³/mol. The fraction of sp³-hybridized carbons (Fsp3) is 0.150. The number of anilines is 1. The summed E-state index contributed by atoms with van der Waals surface area (Å²) in [6.07, 6.45) is -3.50. The maximum absolute atomic E-state index is 13.9. The van der Waals surface area contributed by atoms with Crippen LogP contribution in [-0.4, -0.2) is 43.0 Å². The minimum absolute atomic E-state index is 0.0485. The topological polar surface area (TPSA) is 94.8 Å². The van der Waals surface area contributed by atoms with Gasteiger partial charge in [0.2, 0.25) is 5.91 Å². The summed E-state index contributed by atoms with van der Waals surface area (Å²) < 4.78 is 55.8. The zero-order valence-electron chi connectivity index (χ0n) is 16.6. The van der Waals surface area contributed by atoms with Gasteiger partial charge in [-0.2, -0.15) is 0 Å². The van der Waals surface area contributed by atoms with Crippen molar-refractivity contribution < 1.29 is 27.1 Å². The molecule has 0 saturated heterocycles. The first-order valence-electron chi connectivity index (χ1n) is 9.34. The summed E-state index contributed by atoms with van der Waals surface area (Å²) in [6.45, 7) is 0.124. The van der Waals surface area contributed by atoms with Crippen molar-refractivity contribution in [1.29, 1.82) is 0 Å². The van der Waals surface area contributed by atoms with Crippen molar-refractivity contribution in [2.24, 2.45) is 0 Å². The molecule has 1 N–H and O–H groups in total. The number of alkyl halides is 3. The first-order valence-corrected chi connectivity index (χ1v) is 10.3. The normalized spacial score (nSPS) is 11.5. The van der Waals surface area contributed by atoms with Crippen LogP contribution >= 0.6 is 11.8 Å². The average molecular weight is 478 g/mol. The third kappa shape index (κ3) is 5.74. The molecule has 4 rings (SSSR count). The lowest BCUT2D eigenvalue weighted by atomic mass is 10.2. The number of rotatable bonds is 7. The lowest BCUT2D eigenvalue weighted by Crippen LogP contribution is -2.17. The number of carbonyl (C=O) groups excluding carboxylic acids is 1. The number of hydrogen-bond acceptors (Lipinski definition) is 7. The molecule has 0 spiro atoms. The van der Waals surface area contributed by atoms with Gasteiger partial charge in [-0.15, -0.1) is 18.3 Å². The van der Waals surface area contributed by atoms with Gasteiger partial charge < -0.3 is 10.1 Å². The molecule has 2 aromatic carbocycles. The molecular weight excluding hydrogens is 464 g/mol. The fourth-order valence-corrected chi connectivity index (χ4v) is 3.57. The number of ether oxygens (including phenoxy) is 1. The number of carbonyl (C=O) groups is 1. The van der Waals surface area contributed by atoms with Crippen LogP contribution in [0.1, 0.15) is 5.56 Å². The smallest absolute Gasteiger partial charge is 0.406 e. The molecule has 2 aromatic heterocycles. The van der Waals surface area contributed by atoms with Gasteiger partial charge in [-0.3, -0.25) is 4.79 Å². The van der Waals surface area contributed by atoms with Gasteiger partial charge in [-0.25, -0.2) is 19.0 Å². The van der Waals surface area contributed by atoms with Gasteiger partial charge in [0.15, 0.2) is 11.2 Å². The molecule has 0 aliphatic rings. The van der Waals surface area contributed by atoms with Gasteiger partial charge in [0, 0.05) is 11.3 Å². The molecule has 13 heteroatoms. The van der Waals surface area contributed by atoms with Gasteiger partial charge in [0.25, 0.3) is 0 Å². The Morgan fingerprint density at radius 2 is 1.85 bits per heavy atom. The second kappa shape index (κ2) is 9.40. The standard InChI is InChI=1S/C20H14F4N6O2S/c21-15-4-2-1-3-12(15)9-30-18-17(28-29-30)19(26-11-25-18)33-10-16(31)27-13-5-7-14(8-6-13)32-20(22,23)24/h1-8,11H,9-10H2,(H,27,31). The zero-order chi connectivity index (χ0) is 23.4. The highest BCUT2D eigenvalue weighted by molar-refractivity contribution is 8.00. The predicted octanol–water partition coefficient (Wildman–Crippen LogP) is 4.04. The number of thioether (sulfide) groups is 1. The fourth-order valence-electron chi connectivity index (χ4n) is 2.84. The maximum atomic E-state index is 13.9. The highest BCUT2D eigenvalue weighted by Gasteiger charge is 2.31. The molecule has 0 aliphatic heterocycles. The van der Waals surface area contributed by atoms with Crippen molar-refractivity contribution in [3.63, 3.8) is 0 Å². The Balaban J connectivity index is 1.39. The Morgan fingerprint density at radius 3 is 2.58 bits per heavy atom. The van der Waals surface area contributed by atoms with E-state index in [0.717, 1.165) is 23.9 Å². The van der Waals surface area contributed by atoms with E-state index in [0.29, 0.717) is 27.4 Å². The number of aromatic nitrogens is 5. The van der Waals surface area contributed by atoms with Crippen LogP contribution in [0, 0.1) is 5.82 Å². The minimum atomic E-state index is -4.79. The van der Waals surface area contributed by atoms with Crippen LogP contribution < -0.4 is 10.1 Å². The van der Waals surface area contributed by atoms with Crippen molar-refractivity contribution in [1.82, 2.24) is 25.0 Å². The van der Waals surface area contributed by atoms with Crippen molar-refractivity contribution in [2.45, 2.75) is 17.9 Å². The molecular formula is C20H14F4N6O2S. The van der Waals surface area contributed by atoms with E-state index in [-0.39, 0.29) is 18.1 Å². The van der Waals surface area contributed by atoms with Gasteiger partial charge in [-0.1, -0.05) is 35.2 Å². The number of nitrogens with one attached hydrogen (secondary N) is 1. The Morgan fingerprint density at radius 1 is 1.09 bits per heavy atom. The third-order valence-electron chi connectivity index (χ3n) is 4.26. The molecule has 0 radical (unpaired) electrons. The first-order chi connectivity index (χ1) is 15.8. The molecule has 4 aromatic rings. The maximum Gasteiger partial charge on any atom is 0.573 e. The van der Waals surface area contributed by atoms with Crippen LogP contribution in [0.4, 0.5) is 23.2 Å². The molecule has 0 aliphatic carbocycles. The van der Waals surface area contributed by atoms with Gasteiger partial charge in [0.05, 0.1) is 12.3 Å². The van der Waals surface area contributed by atoms with E-state index in [4.69, 9.17) is 0 Å². The number of fused-ring (bicyclic) bond motifs is 1. The number of halogens is 4. The Labute approximate surface area is 188 Å². The summed E-state index contributed by atoms with van der Waals surface area (Å²) in [5.74, 6) is -1.22. The lowest BCUT2D eigenvalue weighted by molar-refractivity contribution is -0.274. The molecule has 1 amide bonds. The molecule has 33 heavy (non-hydrogen) atoms. The highest BCUT2D eigenvalue weighted by Crippen LogP contribution is 2.25. The van der Waals surface area contributed by atoms with Crippen molar-refractivity contribution in [3.05, 3.63) is 66.2 Å². The average Bonchev–Trinajstić information content (AvgIpc) is 3.18. The molecule has 0 fully saturated rings. The summed E-state index contributed by atoms with van der Waals surface area (Å²) in [6, 6.07) is 11.1. The molecule has 0 saturated carbocycles. The second-order valence-electron chi connectivity index (χ2n) is 6.60. The SMILES string of the molecule is O=C(CSc1ncnc2c1nnn2Cc1ccccc1F)Nc1ccc(OC(F)(F)F)cc1. The van der Waals surface area contributed by atoms with Crippen LogP contribution in [0.25, 0.3) is 11.2 Å². The zero-order valence-corrected chi connectivity index (χ0v) is 17.4. The van der Waals surface area contributed by atoms with E-state index < -0.39 is 18.0 Å². The largest absolute Gasteiger partial charge is 0.573 e. The van der Waals surface area contributed by atoms with Crippen LogP contribution in [0.2, 0.25) is 0 Å². The van der Waals surface area contributed by atoms with E-state index in [1.165, 1.54) is 29.2 Å². The summed E-state index contributed by atoms with van der Waals surface area (Å²) in [4.78, 5) is 20.5. The summed E-state index contributed by atoms with van der Waals surface area (Å²) >= 11 is 1.08. The van der Waals surface area contributed by atoms with Crippen molar-refractivity contribution >= 4 is 34.5 Å². The molecule has 170 valence electrons. The van der Waals surface area contributed by atoms with Crippen LogP contribution in [0.3, 0.4) is 0 Å². The Kier molecular flexibility index (Phi) is 6.40. The molecule has 0 unspecified atom stereocenters. The molecule has 8 nitrogen and oxygen atoms in total. The summed E-state index contributed by atoms with van der Waals surface area (Å²) in [5, 5.41) is 11.0. The lowest BCUT2D eigenvalue weighted by Gasteiger charge is -2.10. The molecule has 2 heterocycles. The molecule has 0 bridgehead atoms. The Hall–Kier alpha value is -3.74.